The van der Waals surface area contributed by atoms with Crippen LogP contribution in [0, 0.1) is 0 Å². The van der Waals surface area contributed by atoms with Gasteiger partial charge in [0.15, 0.2) is 5.84 Å². The van der Waals surface area contributed by atoms with Crippen LogP contribution in [0.3, 0.4) is 0 Å². The van der Waals surface area contributed by atoms with Crippen molar-refractivity contribution in [1.82, 2.24) is 4.90 Å². The topological polar surface area (TPSA) is 131 Å². The number of benzene rings is 2. The van der Waals surface area contributed by atoms with Crippen LogP contribution in [-0.2, 0) is 24.3 Å². The number of likely N-dealkylation sites (N-methyl/N-ethyl adjacent to an activating group) is 1. The van der Waals surface area contributed by atoms with Crippen LogP contribution in [0.2, 0.25) is 0 Å². The Morgan fingerprint density at radius 1 is 1.00 bits per heavy atom. The molecule has 0 fully saturated rings. The largest absolute Gasteiger partial charge is 0.465 e. The minimum absolute atomic E-state index is 0.0502. The summed E-state index contributed by atoms with van der Waals surface area (Å²) in [7, 11) is 0.0879. The molecule has 0 aromatic heterocycles. The van der Waals surface area contributed by atoms with E-state index >= 15 is 0 Å². The quantitative estimate of drug-likeness (QED) is 0.681. The molecule has 0 saturated heterocycles. The van der Waals surface area contributed by atoms with Crippen molar-refractivity contribution in [3.8, 4) is 0 Å². The van der Waals surface area contributed by atoms with Gasteiger partial charge in [0, 0.05) is 18.3 Å². The fraction of sp³-hybridized carbons (Fsp3) is 0.200. The molecule has 162 valence electrons. The molecule has 2 aromatic rings. The number of anilines is 1. The smallest absolute Gasteiger partial charge is 0.337 e. The molecule has 0 radical (unpaired) electrons. The Kier molecular flexibility index (Phi) is 6.07. The number of carbonyl (C=O) groups excluding carboxylic acids is 3. The number of nitrogens with zero attached hydrogens (tertiary/aromatic N) is 2. The van der Waals surface area contributed by atoms with Gasteiger partial charge < -0.3 is 19.7 Å². The van der Waals surface area contributed by atoms with Gasteiger partial charge in [0.25, 0.3) is 10.0 Å². The summed E-state index contributed by atoms with van der Waals surface area (Å²) in [6.07, 6.45) is 0. The minimum atomic E-state index is -3.82. The van der Waals surface area contributed by atoms with Crippen molar-refractivity contribution in [3.05, 3.63) is 59.2 Å². The first kappa shape index (κ1) is 22.0. The summed E-state index contributed by atoms with van der Waals surface area (Å²) in [5, 5.41) is 2.58. The van der Waals surface area contributed by atoms with Gasteiger partial charge in [-0.3, -0.25) is 4.79 Å². The number of carbonyl (C=O) groups is 3. The Balaban J connectivity index is 1.81. The molecule has 2 aromatic carbocycles. The summed E-state index contributed by atoms with van der Waals surface area (Å²) < 4.78 is 37.5. The Hall–Kier alpha value is -3.73. The molecule has 0 atom stereocenters. The van der Waals surface area contributed by atoms with E-state index in [0.717, 1.165) is 0 Å². The van der Waals surface area contributed by atoms with Gasteiger partial charge in [0.1, 0.15) is 4.90 Å². The first-order valence-corrected chi connectivity index (χ1v) is 10.4. The van der Waals surface area contributed by atoms with Crippen LogP contribution in [0.4, 0.5) is 5.69 Å². The van der Waals surface area contributed by atoms with E-state index in [1.807, 2.05) is 0 Å². The number of fused-ring (bicyclic) bond motifs is 1. The molecule has 31 heavy (non-hydrogen) atoms. The second-order valence-corrected chi connectivity index (χ2v) is 8.15. The molecule has 0 aliphatic carbocycles. The zero-order chi connectivity index (χ0) is 22.8. The maximum absolute atomic E-state index is 12.6. The van der Waals surface area contributed by atoms with E-state index in [-0.39, 0.29) is 34.1 Å². The lowest BCUT2D eigenvalue weighted by Crippen LogP contribution is -2.35. The molecule has 1 aliphatic heterocycles. The summed E-state index contributed by atoms with van der Waals surface area (Å²) in [5.41, 5.74) is 0.671. The van der Waals surface area contributed by atoms with Gasteiger partial charge in [0.2, 0.25) is 5.91 Å². The fourth-order valence-electron chi connectivity index (χ4n) is 3.03. The predicted octanol–water partition coefficient (Wildman–Crippen LogP) is 1.28. The van der Waals surface area contributed by atoms with Crippen molar-refractivity contribution in [2.75, 3.05) is 33.1 Å². The number of ether oxygens (including phenoxy) is 2. The third-order valence-corrected chi connectivity index (χ3v) is 5.74. The van der Waals surface area contributed by atoms with E-state index in [1.54, 1.807) is 18.2 Å². The number of sulfonamides is 1. The second kappa shape index (κ2) is 8.56. The molecule has 1 N–H and O–H groups in total. The number of rotatable bonds is 5. The van der Waals surface area contributed by atoms with Gasteiger partial charge in [0.05, 0.1) is 31.9 Å². The average Bonchev–Trinajstić information content (AvgIpc) is 3.03. The van der Waals surface area contributed by atoms with Gasteiger partial charge in [-0.25, -0.2) is 9.59 Å². The van der Waals surface area contributed by atoms with Crippen LogP contribution < -0.4 is 5.32 Å². The van der Waals surface area contributed by atoms with Gasteiger partial charge in [-0.05, 0) is 30.3 Å². The highest BCUT2D eigenvalue weighted by molar-refractivity contribution is 7.90. The van der Waals surface area contributed by atoms with Crippen molar-refractivity contribution in [2.45, 2.75) is 4.90 Å². The molecule has 11 heteroatoms. The Morgan fingerprint density at radius 2 is 1.58 bits per heavy atom. The van der Waals surface area contributed by atoms with E-state index in [4.69, 9.17) is 0 Å². The van der Waals surface area contributed by atoms with Gasteiger partial charge in [-0.15, -0.1) is 4.40 Å². The summed E-state index contributed by atoms with van der Waals surface area (Å²) in [6.45, 7) is -0.237. The third-order valence-electron chi connectivity index (χ3n) is 4.41. The average molecular weight is 445 g/mol. The Bertz CT molecular complexity index is 1170. The highest BCUT2D eigenvalue weighted by Crippen LogP contribution is 2.27. The maximum atomic E-state index is 12.6. The van der Waals surface area contributed by atoms with Crippen LogP contribution >= 0.6 is 0 Å². The number of hydrogen-bond acceptors (Lipinski definition) is 8. The summed E-state index contributed by atoms with van der Waals surface area (Å²) in [6, 6.07) is 10.3. The molecule has 0 unspecified atom stereocenters. The Morgan fingerprint density at radius 3 is 2.16 bits per heavy atom. The SMILES string of the molecule is COC(=O)c1cc(NC(=O)CN(C)C2=NS(=O)(=O)c3ccccc32)cc(C(=O)OC)c1. The molecule has 1 heterocycles. The molecule has 0 spiro atoms. The number of hydrogen-bond donors (Lipinski definition) is 1. The fourth-order valence-corrected chi connectivity index (χ4v) is 4.28. The van der Waals surface area contributed by atoms with Crippen molar-refractivity contribution < 1.29 is 32.3 Å². The molecular weight excluding hydrogens is 426 g/mol. The first-order chi connectivity index (χ1) is 14.7. The van der Waals surface area contributed by atoms with E-state index < -0.39 is 27.9 Å². The zero-order valence-corrected chi connectivity index (χ0v) is 17.7. The van der Waals surface area contributed by atoms with Crippen LogP contribution in [0.15, 0.2) is 51.8 Å². The summed E-state index contributed by atoms with van der Waals surface area (Å²) in [4.78, 5) is 37.8. The van der Waals surface area contributed by atoms with Crippen molar-refractivity contribution in [3.63, 3.8) is 0 Å². The van der Waals surface area contributed by atoms with Crippen LogP contribution in [0.1, 0.15) is 26.3 Å². The van der Waals surface area contributed by atoms with Crippen LogP contribution in [-0.4, -0.2) is 64.8 Å². The third kappa shape index (κ3) is 4.56. The molecular formula is C20H19N3O7S. The molecule has 0 bridgehead atoms. The van der Waals surface area contributed by atoms with E-state index in [2.05, 4.69) is 19.2 Å². The molecule has 1 amide bonds. The van der Waals surface area contributed by atoms with Crippen molar-refractivity contribution in [1.29, 1.82) is 0 Å². The highest BCUT2D eigenvalue weighted by Gasteiger charge is 2.31. The number of methoxy groups -OCH3 is 2. The van der Waals surface area contributed by atoms with Gasteiger partial charge in [-0.1, -0.05) is 12.1 Å². The van der Waals surface area contributed by atoms with E-state index in [9.17, 15) is 22.8 Å². The predicted molar refractivity (Wildman–Crippen MR) is 111 cm³/mol. The van der Waals surface area contributed by atoms with Crippen LogP contribution in [0.25, 0.3) is 0 Å². The molecule has 1 aliphatic rings. The standard InChI is InChI=1S/C20H19N3O7S/c1-23(18-15-6-4-5-7-16(15)31(27,28)22-18)11-17(24)21-14-9-12(19(25)29-2)8-13(10-14)20(26)30-3/h4-10H,11H2,1-3H3,(H,21,24). The Labute approximate surface area is 178 Å². The minimum Gasteiger partial charge on any atom is -0.465 e. The van der Waals surface area contributed by atoms with Crippen LogP contribution in [0.5, 0.6) is 0 Å². The molecule has 0 saturated carbocycles. The highest BCUT2D eigenvalue weighted by atomic mass is 32.2. The lowest BCUT2D eigenvalue weighted by atomic mass is 10.1. The molecule has 3 rings (SSSR count). The van der Waals surface area contributed by atoms with Crippen molar-refractivity contribution >= 4 is 39.4 Å². The van der Waals surface area contributed by atoms with Gasteiger partial charge in [-0.2, -0.15) is 8.42 Å². The summed E-state index contributed by atoms with van der Waals surface area (Å²) >= 11 is 0. The lowest BCUT2D eigenvalue weighted by molar-refractivity contribution is -0.116. The first-order valence-electron chi connectivity index (χ1n) is 8.93. The van der Waals surface area contributed by atoms with Crippen molar-refractivity contribution in [2.24, 2.45) is 4.40 Å². The second-order valence-electron chi connectivity index (χ2n) is 6.57. The molecule has 10 nitrogen and oxygen atoms in total. The summed E-state index contributed by atoms with van der Waals surface area (Å²) in [5.74, 6) is -1.77. The monoisotopic (exact) mass is 445 g/mol. The van der Waals surface area contributed by atoms with E-state index in [0.29, 0.717) is 5.56 Å². The number of nitrogens with one attached hydrogen (secondary N) is 1. The normalized spacial score (nSPS) is 13.6. The number of amides is 1. The van der Waals surface area contributed by atoms with E-state index in [1.165, 1.54) is 50.4 Å². The lowest BCUT2D eigenvalue weighted by Gasteiger charge is -2.18. The maximum Gasteiger partial charge on any atom is 0.337 e. The number of esters is 2. The zero-order valence-electron chi connectivity index (χ0n) is 16.9. The number of amidine groups is 1. The van der Waals surface area contributed by atoms with Gasteiger partial charge >= 0.3 is 11.9 Å².